The van der Waals surface area contributed by atoms with Crippen molar-refractivity contribution in [3.05, 3.63) is 65.7 Å². The number of guanidine groups is 1. The van der Waals surface area contributed by atoms with E-state index in [4.69, 9.17) is 9.73 Å². The van der Waals surface area contributed by atoms with E-state index in [0.29, 0.717) is 18.8 Å². The number of aliphatic imine (C=N–C) groups is 1. The Morgan fingerprint density at radius 2 is 1.77 bits per heavy atom. The van der Waals surface area contributed by atoms with Crippen molar-refractivity contribution in [1.82, 2.24) is 16.0 Å². The summed E-state index contributed by atoms with van der Waals surface area (Å²) in [6.07, 6.45) is 3.68. The number of carbonyl (C=O) groups is 1. The largest absolute Gasteiger partial charge is 0.484 e. The molecule has 0 bridgehead atoms. The maximum atomic E-state index is 11.6. The van der Waals surface area contributed by atoms with Crippen LogP contribution < -0.4 is 20.7 Å². The zero-order valence-corrected chi connectivity index (χ0v) is 18.6. The van der Waals surface area contributed by atoms with Crippen molar-refractivity contribution in [1.29, 1.82) is 0 Å². The first-order valence-electron chi connectivity index (χ1n) is 11.2. The standard InChI is InChI=1S/C25H34N4O2/c1-3-26-23(30)18-31-22-13-8-10-20(16-22)17-28-24(27-4-2)29-19-25(14-9-15-25)21-11-6-5-7-12-21/h5-8,10-13,16H,3-4,9,14-15,17-19H2,1-2H3,(H,26,30)(H2,27,28,29). The Kier molecular flexibility index (Phi) is 8.33. The van der Waals surface area contributed by atoms with E-state index in [1.54, 1.807) is 0 Å². The number of nitrogens with one attached hydrogen (secondary N) is 3. The summed E-state index contributed by atoms with van der Waals surface area (Å²) < 4.78 is 5.59. The molecule has 3 N–H and O–H groups in total. The van der Waals surface area contributed by atoms with Crippen molar-refractivity contribution >= 4 is 11.9 Å². The van der Waals surface area contributed by atoms with Crippen LogP contribution in [-0.4, -0.2) is 38.1 Å². The minimum Gasteiger partial charge on any atom is -0.484 e. The fourth-order valence-corrected chi connectivity index (χ4v) is 3.86. The molecule has 6 nitrogen and oxygen atoms in total. The van der Waals surface area contributed by atoms with Gasteiger partial charge < -0.3 is 20.7 Å². The van der Waals surface area contributed by atoms with Gasteiger partial charge in [-0.2, -0.15) is 0 Å². The van der Waals surface area contributed by atoms with E-state index in [-0.39, 0.29) is 17.9 Å². The molecule has 31 heavy (non-hydrogen) atoms. The van der Waals surface area contributed by atoms with Gasteiger partial charge in [0, 0.05) is 25.0 Å². The molecule has 1 fully saturated rings. The van der Waals surface area contributed by atoms with Gasteiger partial charge in [0.15, 0.2) is 12.6 Å². The van der Waals surface area contributed by atoms with Crippen LogP contribution >= 0.6 is 0 Å². The van der Waals surface area contributed by atoms with E-state index in [0.717, 1.165) is 24.6 Å². The van der Waals surface area contributed by atoms with Gasteiger partial charge in [0.25, 0.3) is 5.91 Å². The van der Waals surface area contributed by atoms with Gasteiger partial charge in [-0.1, -0.05) is 48.9 Å². The number of hydrogen-bond donors (Lipinski definition) is 3. The summed E-state index contributed by atoms with van der Waals surface area (Å²) in [6, 6.07) is 18.5. The third-order valence-electron chi connectivity index (χ3n) is 5.70. The quantitative estimate of drug-likeness (QED) is 0.405. The van der Waals surface area contributed by atoms with Gasteiger partial charge in [-0.3, -0.25) is 4.79 Å². The van der Waals surface area contributed by atoms with E-state index in [1.165, 1.54) is 24.8 Å². The highest BCUT2D eigenvalue weighted by atomic mass is 16.5. The molecule has 1 aliphatic carbocycles. The number of benzene rings is 2. The SMILES string of the molecule is CCNC(=O)COc1cccc(CN=C(NCC)NCC2(c3ccccc3)CCC2)c1. The molecule has 0 aliphatic heterocycles. The summed E-state index contributed by atoms with van der Waals surface area (Å²) in [7, 11) is 0. The molecule has 0 atom stereocenters. The number of rotatable bonds is 10. The van der Waals surface area contributed by atoms with Gasteiger partial charge in [-0.25, -0.2) is 4.99 Å². The molecular formula is C25H34N4O2. The summed E-state index contributed by atoms with van der Waals surface area (Å²) in [4.78, 5) is 16.4. The lowest BCUT2D eigenvalue weighted by molar-refractivity contribution is -0.122. The highest BCUT2D eigenvalue weighted by molar-refractivity contribution is 5.80. The Bertz CT molecular complexity index is 863. The van der Waals surface area contributed by atoms with Crippen LogP contribution in [0.1, 0.15) is 44.2 Å². The smallest absolute Gasteiger partial charge is 0.257 e. The van der Waals surface area contributed by atoms with Crippen LogP contribution in [0.4, 0.5) is 0 Å². The third kappa shape index (κ3) is 6.48. The predicted molar refractivity (Wildman–Crippen MR) is 125 cm³/mol. The van der Waals surface area contributed by atoms with Crippen molar-refractivity contribution < 1.29 is 9.53 Å². The second-order valence-electron chi connectivity index (χ2n) is 7.94. The number of amides is 1. The van der Waals surface area contributed by atoms with E-state index < -0.39 is 0 Å². The average Bonchev–Trinajstić information content (AvgIpc) is 2.76. The number of nitrogens with zero attached hydrogens (tertiary/aromatic N) is 1. The van der Waals surface area contributed by atoms with Gasteiger partial charge in [-0.15, -0.1) is 0 Å². The Labute approximate surface area is 185 Å². The van der Waals surface area contributed by atoms with Crippen molar-refractivity contribution in [3.8, 4) is 5.75 Å². The van der Waals surface area contributed by atoms with Gasteiger partial charge in [-0.05, 0) is 49.9 Å². The van der Waals surface area contributed by atoms with Crippen LogP contribution in [0.5, 0.6) is 5.75 Å². The van der Waals surface area contributed by atoms with E-state index >= 15 is 0 Å². The molecule has 0 saturated heterocycles. The molecule has 1 amide bonds. The zero-order chi connectivity index (χ0) is 21.9. The lowest BCUT2D eigenvalue weighted by Crippen LogP contribution is -2.48. The van der Waals surface area contributed by atoms with Gasteiger partial charge >= 0.3 is 0 Å². The Morgan fingerprint density at radius 1 is 1.00 bits per heavy atom. The first-order valence-corrected chi connectivity index (χ1v) is 11.2. The first-order chi connectivity index (χ1) is 15.1. The molecule has 1 aliphatic rings. The van der Waals surface area contributed by atoms with Crippen LogP contribution in [-0.2, 0) is 16.8 Å². The summed E-state index contributed by atoms with van der Waals surface area (Å²) in [5.74, 6) is 1.38. The summed E-state index contributed by atoms with van der Waals surface area (Å²) in [6.45, 7) is 6.79. The van der Waals surface area contributed by atoms with Crippen LogP contribution in [0.2, 0.25) is 0 Å². The molecule has 0 unspecified atom stereocenters. The van der Waals surface area contributed by atoms with Crippen molar-refractivity contribution in [2.75, 3.05) is 26.2 Å². The molecule has 6 heteroatoms. The van der Waals surface area contributed by atoms with Crippen LogP contribution in [0.3, 0.4) is 0 Å². The van der Waals surface area contributed by atoms with E-state index in [2.05, 4.69) is 53.2 Å². The molecule has 2 aromatic carbocycles. The number of hydrogen-bond acceptors (Lipinski definition) is 3. The Balaban J connectivity index is 1.59. The van der Waals surface area contributed by atoms with Crippen LogP contribution in [0, 0.1) is 0 Å². The van der Waals surface area contributed by atoms with Gasteiger partial charge in [0.1, 0.15) is 5.75 Å². The van der Waals surface area contributed by atoms with Gasteiger partial charge in [0.2, 0.25) is 0 Å². The minimum absolute atomic E-state index is 0.0202. The van der Waals surface area contributed by atoms with E-state index in [1.807, 2.05) is 31.2 Å². The molecule has 3 rings (SSSR count). The molecule has 0 radical (unpaired) electrons. The third-order valence-corrected chi connectivity index (χ3v) is 5.70. The molecule has 1 saturated carbocycles. The lowest BCUT2D eigenvalue weighted by Gasteiger charge is -2.43. The highest BCUT2D eigenvalue weighted by Gasteiger charge is 2.38. The van der Waals surface area contributed by atoms with Crippen molar-refractivity contribution in [2.24, 2.45) is 4.99 Å². The maximum Gasteiger partial charge on any atom is 0.257 e. The molecule has 0 spiro atoms. The number of carbonyl (C=O) groups excluding carboxylic acids is 1. The topological polar surface area (TPSA) is 74.8 Å². The van der Waals surface area contributed by atoms with Crippen molar-refractivity contribution in [2.45, 2.75) is 45.1 Å². The summed E-state index contributed by atoms with van der Waals surface area (Å²) in [5, 5.41) is 9.63. The molecule has 2 aromatic rings. The second kappa shape index (κ2) is 11.4. The Morgan fingerprint density at radius 3 is 2.45 bits per heavy atom. The molecule has 166 valence electrons. The van der Waals surface area contributed by atoms with Crippen LogP contribution in [0.15, 0.2) is 59.6 Å². The fraction of sp³-hybridized carbons (Fsp3) is 0.440. The first kappa shape index (κ1) is 22.7. The fourth-order valence-electron chi connectivity index (χ4n) is 3.86. The number of likely N-dealkylation sites (N-methyl/N-ethyl adjacent to an activating group) is 1. The lowest BCUT2D eigenvalue weighted by atomic mass is 9.64. The predicted octanol–water partition coefficient (Wildman–Crippen LogP) is 3.38. The van der Waals surface area contributed by atoms with Crippen molar-refractivity contribution in [3.63, 3.8) is 0 Å². The Hall–Kier alpha value is -3.02. The number of ether oxygens (including phenoxy) is 1. The van der Waals surface area contributed by atoms with E-state index in [9.17, 15) is 4.79 Å². The zero-order valence-electron chi connectivity index (χ0n) is 18.6. The minimum atomic E-state index is -0.118. The molecule has 0 heterocycles. The summed E-state index contributed by atoms with van der Waals surface area (Å²) >= 11 is 0. The van der Waals surface area contributed by atoms with Crippen LogP contribution in [0.25, 0.3) is 0 Å². The summed E-state index contributed by atoms with van der Waals surface area (Å²) in [5.41, 5.74) is 2.64. The molecule has 0 aromatic heterocycles. The molecular weight excluding hydrogens is 388 g/mol. The maximum absolute atomic E-state index is 11.6. The highest BCUT2D eigenvalue weighted by Crippen LogP contribution is 2.43. The second-order valence-corrected chi connectivity index (χ2v) is 7.94. The average molecular weight is 423 g/mol. The normalized spacial score (nSPS) is 15.0. The van der Waals surface area contributed by atoms with Gasteiger partial charge in [0.05, 0.1) is 6.54 Å². The monoisotopic (exact) mass is 422 g/mol.